The number of halogens is 1. The zero-order chi connectivity index (χ0) is 23.7. The normalized spacial score (nSPS) is 12.7. The van der Waals surface area contributed by atoms with Gasteiger partial charge in [-0.15, -0.1) is 11.3 Å². The minimum atomic E-state index is -0.454. The van der Waals surface area contributed by atoms with Gasteiger partial charge in [-0.05, 0) is 67.6 Å². The van der Waals surface area contributed by atoms with Gasteiger partial charge in [0, 0.05) is 15.5 Å². The van der Waals surface area contributed by atoms with Gasteiger partial charge in [0.25, 0.3) is 5.91 Å². The van der Waals surface area contributed by atoms with E-state index < -0.39 is 12.5 Å². The molecule has 1 aliphatic carbocycles. The molecule has 2 aromatic carbocycles. The monoisotopic (exact) mass is 490 g/mol. The second-order valence-electron chi connectivity index (χ2n) is 7.96. The Kier molecular flexibility index (Phi) is 6.10. The number of ether oxygens (including phenoxy) is 1. The zero-order valence-corrected chi connectivity index (χ0v) is 19.6. The van der Waals surface area contributed by atoms with E-state index in [0.717, 1.165) is 36.1 Å². The predicted molar refractivity (Wildman–Crippen MR) is 133 cm³/mol. The lowest BCUT2D eigenvalue weighted by atomic mass is 9.96. The Hall–Kier alpha value is -3.60. The molecule has 0 atom stereocenters. The molecule has 34 heavy (non-hydrogen) atoms. The van der Waals surface area contributed by atoms with Crippen molar-refractivity contribution in [2.45, 2.75) is 25.7 Å². The molecule has 0 bridgehead atoms. The summed E-state index contributed by atoms with van der Waals surface area (Å²) in [4.78, 5) is 27.1. The van der Waals surface area contributed by atoms with E-state index in [9.17, 15) is 14.9 Å². The highest BCUT2D eigenvalue weighted by molar-refractivity contribution is 7.16. The maximum atomic E-state index is 13.2. The highest BCUT2D eigenvalue weighted by Gasteiger charge is 2.23. The lowest BCUT2D eigenvalue weighted by Gasteiger charge is -2.12. The van der Waals surface area contributed by atoms with Crippen molar-refractivity contribution < 1.29 is 13.9 Å². The Morgan fingerprint density at radius 1 is 1.15 bits per heavy atom. The predicted octanol–water partition coefficient (Wildman–Crippen LogP) is 5.94. The first-order chi connectivity index (χ1) is 16.5. The minimum absolute atomic E-state index is 0.0536. The maximum Gasteiger partial charge on any atom is 0.262 e. The van der Waals surface area contributed by atoms with Gasteiger partial charge in [0.05, 0.1) is 10.9 Å². The Bertz CT molecular complexity index is 1500. The van der Waals surface area contributed by atoms with Crippen LogP contribution in [0, 0.1) is 11.3 Å². The van der Waals surface area contributed by atoms with Gasteiger partial charge < -0.3 is 14.5 Å². The van der Waals surface area contributed by atoms with Crippen molar-refractivity contribution in [3.63, 3.8) is 0 Å². The number of para-hydroxylation sites is 1. The number of nitrogens with one attached hydrogen (secondary N) is 1. The van der Waals surface area contributed by atoms with E-state index in [4.69, 9.17) is 20.8 Å². The van der Waals surface area contributed by atoms with Gasteiger partial charge in [0.1, 0.15) is 16.7 Å². The summed E-state index contributed by atoms with van der Waals surface area (Å²) < 4.78 is 11.7. The molecule has 1 N–H and O–H groups in total. The number of benzene rings is 2. The number of aryl methyl sites for hydroxylation is 1. The van der Waals surface area contributed by atoms with Crippen molar-refractivity contribution in [2.75, 3.05) is 11.9 Å². The fourth-order valence-electron chi connectivity index (χ4n) is 4.12. The third kappa shape index (κ3) is 4.18. The van der Waals surface area contributed by atoms with Gasteiger partial charge in [-0.2, -0.15) is 5.26 Å². The van der Waals surface area contributed by atoms with Crippen LogP contribution < -0.4 is 15.5 Å². The number of carbonyl (C=O) groups excluding carboxylic acids is 1. The van der Waals surface area contributed by atoms with Crippen molar-refractivity contribution >= 4 is 44.8 Å². The third-order valence-corrected chi connectivity index (χ3v) is 7.21. The topological polar surface area (TPSA) is 92.3 Å². The van der Waals surface area contributed by atoms with Crippen molar-refractivity contribution in [2.24, 2.45) is 0 Å². The number of nitrogens with zero attached hydrogens (tertiary/aromatic N) is 1. The van der Waals surface area contributed by atoms with E-state index in [1.807, 2.05) is 0 Å². The molecule has 1 aliphatic rings. The van der Waals surface area contributed by atoms with Gasteiger partial charge in [-0.25, -0.2) is 0 Å². The quantitative estimate of drug-likeness (QED) is 0.373. The average Bonchev–Trinajstić information content (AvgIpc) is 3.20. The summed E-state index contributed by atoms with van der Waals surface area (Å²) in [6.07, 6.45) is 3.90. The minimum Gasteiger partial charge on any atom is -0.476 e. The summed E-state index contributed by atoms with van der Waals surface area (Å²) in [5.41, 5.74) is 2.21. The molecule has 170 valence electrons. The molecule has 0 radical (unpaired) electrons. The lowest BCUT2D eigenvalue weighted by Crippen LogP contribution is -2.22. The van der Waals surface area contributed by atoms with Crippen molar-refractivity contribution in [3.05, 3.63) is 79.8 Å². The van der Waals surface area contributed by atoms with Crippen LogP contribution in [0.1, 0.15) is 28.8 Å². The van der Waals surface area contributed by atoms with Crippen LogP contribution in [0.15, 0.2) is 57.7 Å². The number of hydrogen-bond acceptors (Lipinski definition) is 6. The molecule has 1 amide bonds. The highest BCUT2D eigenvalue weighted by atomic mass is 35.5. The van der Waals surface area contributed by atoms with Gasteiger partial charge in [0.15, 0.2) is 12.4 Å². The summed E-state index contributed by atoms with van der Waals surface area (Å²) in [7, 11) is 0. The van der Waals surface area contributed by atoms with Crippen LogP contribution in [-0.4, -0.2) is 12.5 Å². The Balaban J connectivity index is 1.44. The van der Waals surface area contributed by atoms with Crippen molar-refractivity contribution in [3.8, 4) is 23.1 Å². The van der Waals surface area contributed by atoms with Crippen molar-refractivity contribution in [1.82, 2.24) is 0 Å². The van der Waals surface area contributed by atoms with Crippen LogP contribution in [0.2, 0.25) is 5.02 Å². The molecule has 0 fully saturated rings. The molecule has 0 aliphatic heterocycles. The van der Waals surface area contributed by atoms with Crippen LogP contribution in [0.4, 0.5) is 5.00 Å². The summed E-state index contributed by atoms with van der Waals surface area (Å²) in [6, 6.07) is 15.9. The fourth-order valence-corrected chi connectivity index (χ4v) is 5.50. The Labute approximate surface area is 204 Å². The number of carbonyl (C=O) groups is 1. The van der Waals surface area contributed by atoms with E-state index in [2.05, 4.69) is 11.4 Å². The number of amides is 1. The van der Waals surface area contributed by atoms with Gasteiger partial charge in [-0.1, -0.05) is 23.7 Å². The standard InChI is InChI=1S/C26H19ClN2O4S/c27-16-11-9-15(10-12-16)24-25(23(31)18-6-1-3-7-20(18)33-24)32-14-22(30)29-26-19(13-28)17-5-2-4-8-21(17)34-26/h1,3,6-7,9-12H,2,4-5,8,14H2,(H,29,30). The van der Waals surface area contributed by atoms with Crippen LogP contribution in [0.25, 0.3) is 22.3 Å². The Morgan fingerprint density at radius 2 is 1.91 bits per heavy atom. The summed E-state index contributed by atoms with van der Waals surface area (Å²) in [5, 5.41) is 13.8. The molecule has 0 unspecified atom stereocenters. The first-order valence-corrected chi connectivity index (χ1v) is 12.0. The highest BCUT2D eigenvalue weighted by Crippen LogP contribution is 2.37. The van der Waals surface area contributed by atoms with Crippen LogP contribution in [0.3, 0.4) is 0 Å². The van der Waals surface area contributed by atoms with Crippen LogP contribution in [-0.2, 0) is 17.6 Å². The third-order valence-electron chi connectivity index (χ3n) is 5.75. The Morgan fingerprint density at radius 3 is 2.71 bits per heavy atom. The van der Waals surface area contributed by atoms with E-state index in [-0.39, 0.29) is 16.9 Å². The van der Waals surface area contributed by atoms with Gasteiger partial charge in [0.2, 0.25) is 11.2 Å². The molecule has 8 heteroatoms. The molecule has 0 spiro atoms. The zero-order valence-electron chi connectivity index (χ0n) is 18.0. The molecule has 0 saturated carbocycles. The van der Waals surface area contributed by atoms with Crippen LogP contribution >= 0.6 is 22.9 Å². The van der Waals surface area contributed by atoms with Crippen LogP contribution in [0.5, 0.6) is 5.75 Å². The number of hydrogen-bond donors (Lipinski definition) is 1. The summed E-state index contributed by atoms with van der Waals surface area (Å²) >= 11 is 7.45. The average molecular weight is 491 g/mol. The maximum absolute atomic E-state index is 13.2. The van der Waals surface area contributed by atoms with Gasteiger partial charge >= 0.3 is 0 Å². The summed E-state index contributed by atoms with van der Waals surface area (Å²) in [5.74, 6) is -0.288. The van der Waals surface area contributed by atoms with E-state index in [1.165, 1.54) is 11.3 Å². The van der Waals surface area contributed by atoms with E-state index >= 15 is 0 Å². The first-order valence-electron chi connectivity index (χ1n) is 10.8. The number of anilines is 1. The molecule has 5 rings (SSSR count). The van der Waals surface area contributed by atoms with Gasteiger partial charge in [-0.3, -0.25) is 9.59 Å². The number of thiophene rings is 1. The smallest absolute Gasteiger partial charge is 0.262 e. The molecule has 0 saturated heterocycles. The van der Waals surface area contributed by atoms with E-state index in [0.29, 0.717) is 32.1 Å². The molecule has 4 aromatic rings. The first kappa shape index (κ1) is 22.2. The molecule has 6 nitrogen and oxygen atoms in total. The number of fused-ring (bicyclic) bond motifs is 2. The lowest BCUT2D eigenvalue weighted by molar-refractivity contribution is -0.118. The largest absolute Gasteiger partial charge is 0.476 e. The molecular weight excluding hydrogens is 472 g/mol. The van der Waals surface area contributed by atoms with Crippen molar-refractivity contribution in [1.29, 1.82) is 5.26 Å². The SMILES string of the molecule is N#Cc1c(NC(=O)COc2c(-c3ccc(Cl)cc3)oc3ccccc3c2=O)sc2c1CCCC2. The molecular formula is C26H19ClN2O4S. The van der Waals surface area contributed by atoms with E-state index in [1.54, 1.807) is 48.5 Å². The second kappa shape index (κ2) is 9.34. The summed E-state index contributed by atoms with van der Waals surface area (Å²) in [6.45, 7) is -0.406. The molecule has 2 heterocycles. The molecule has 2 aromatic heterocycles. The second-order valence-corrected chi connectivity index (χ2v) is 9.50. The fraction of sp³-hybridized carbons (Fsp3) is 0.192. The number of rotatable bonds is 5. The number of nitriles is 1.